The van der Waals surface area contributed by atoms with Gasteiger partial charge >= 0.3 is 5.97 Å². The minimum absolute atomic E-state index is 0.0348. The monoisotopic (exact) mass is 294 g/mol. The van der Waals surface area contributed by atoms with E-state index >= 15 is 0 Å². The number of carboxylic acids is 1. The summed E-state index contributed by atoms with van der Waals surface area (Å²) in [4.78, 5) is 15.0. The second kappa shape index (κ2) is 6.60. The van der Waals surface area contributed by atoms with Crippen molar-refractivity contribution in [2.75, 3.05) is 5.75 Å². The van der Waals surface area contributed by atoms with Gasteiger partial charge in [-0.2, -0.15) is 5.10 Å². The van der Waals surface area contributed by atoms with Crippen LogP contribution in [0.2, 0.25) is 0 Å². The summed E-state index contributed by atoms with van der Waals surface area (Å²) in [5.41, 5.74) is 2.29. The summed E-state index contributed by atoms with van der Waals surface area (Å²) >= 11 is 1.26. The highest BCUT2D eigenvalue weighted by atomic mass is 32.2. The smallest absolute Gasteiger partial charge is 0.313 e. The lowest BCUT2D eigenvalue weighted by Crippen LogP contribution is -2.08. The third-order valence-electron chi connectivity index (χ3n) is 2.97. The normalized spacial score (nSPS) is 10.9. The molecule has 0 radical (unpaired) electrons. The first kappa shape index (κ1) is 14.6. The van der Waals surface area contributed by atoms with E-state index in [4.69, 9.17) is 5.11 Å². The molecule has 20 heavy (non-hydrogen) atoms. The Hall–Kier alpha value is -1.76. The van der Waals surface area contributed by atoms with Crippen molar-refractivity contribution >= 4 is 17.7 Å². The molecule has 0 aliphatic rings. The summed E-state index contributed by atoms with van der Waals surface area (Å²) in [6.07, 6.45) is 7.41. The van der Waals surface area contributed by atoms with Gasteiger partial charge in [0.15, 0.2) is 5.16 Å². The van der Waals surface area contributed by atoms with E-state index in [1.807, 2.05) is 25.6 Å². The summed E-state index contributed by atoms with van der Waals surface area (Å²) in [6, 6.07) is 0. The fraction of sp³-hybridized carbons (Fsp3) is 0.462. The second-order valence-corrected chi connectivity index (χ2v) is 5.43. The van der Waals surface area contributed by atoms with E-state index in [-0.39, 0.29) is 5.75 Å². The fourth-order valence-corrected chi connectivity index (χ4v) is 2.74. The van der Waals surface area contributed by atoms with Crippen LogP contribution >= 0.6 is 11.8 Å². The van der Waals surface area contributed by atoms with Crippen molar-refractivity contribution < 1.29 is 9.90 Å². The van der Waals surface area contributed by atoms with Gasteiger partial charge in [-0.05, 0) is 18.4 Å². The van der Waals surface area contributed by atoms with E-state index < -0.39 is 5.97 Å². The molecule has 0 atom stereocenters. The van der Waals surface area contributed by atoms with Gasteiger partial charge in [-0.1, -0.05) is 18.7 Å². The predicted octanol–water partition coefficient (Wildman–Crippen LogP) is 1.60. The van der Waals surface area contributed by atoms with Gasteiger partial charge in [0.05, 0.1) is 11.9 Å². The Balaban J connectivity index is 2.07. The molecule has 0 aliphatic carbocycles. The topological polar surface area (TPSA) is 72.9 Å². The first-order valence-electron chi connectivity index (χ1n) is 6.46. The van der Waals surface area contributed by atoms with Crippen molar-refractivity contribution in [2.24, 2.45) is 7.05 Å². The van der Waals surface area contributed by atoms with E-state index in [9.17, 15) is 4.79 Å². The Morgan fingerprint density at radius 2 is 2.25 bits per heavy atom. The molecule has 6 nitrogen and oxygen atoms in total. The van der Waals surface area contributed by atoms with Gasteiger partial charge < -0.3 is 9.67 Å². The molecular formula is C13H18N4O2S. The summed E-state index contributed by atoms with van der Waals surface area (Å²) in [6.45, 7) is 2.86. The largest absolute Gasteiger partial charge is 0.481 e. The average Bonchev–Trinajstić information content (AvgIpc) is 2.99. The maximum Gasteiger partial charge on any atom is 0.313 e. The van der Waals surface area contributed by atoms with Crippen LogP contribution in [0.4, 0.5) is 0 Å². The van der Waals surface area contributed by atoms with Crippen LogP contribution in [0.3, 0.4) is 0 Å². The Labute approximate surface area is 121 Å². The molecule has 2 aromatic heterocycles. The number of hydrogen-bond donors (Lipinski definition) is 1. The van der Waals surface area contributed by atoms with Crippen LogP contribution < -0.4 is 0 Å². The first-order valence-corrected chi connectivity index (χ1v) is 7.45. The Bertz CT molecular complexity index is 591. The molecule has 0 saturated heterocycles. The Morgan fingerprint density at radius 3 is 2.85 bits per heavy atom. The number of carboxylic acid groups (broad SMARTS) is 1. The van der Waals surface area contributed by atoms with Gasteiger partial charge in [-0.3, -0.25) is 9.48 Å². The molecule has 2 heterocycles. The van der Waals surface area contributed by atoms with Crippen LogP contribution in [0.5, 0.6) is 0 Å². The molecule has 0 spiro atoms. The molecule has 2 aromatic rings. The third kappa shape index (κ3) is 3.63. The number of nitrogens with zero attached hydrogens (tertiary/aromatic N) is 4. The molecule has 7 heteroatoms. The molecule has 108 valence electrons. The summed E-state index contributed by atoms with van der Waals surface area (Å²) in [5, 5.41) is 13.7. The van der Waals surface area contributed by atoms with Gasteiger partial charge in [0, 0.05) is 31.7 Å². The maximum atomic E-state index is 10.7. The van der Waals surface area contributed by atoms with E-state index in [1.165, 1.54) is 11.8 Å². The highest BCUT2D eigenvalue weighted by Gasteiger charge is 2.11. The first-order chi connectivity index (χ1) is 9.60. The Kier molecular flexibility index (Phi) is 4.84. The summed E-state index contributed by atoms with van der Waals surface area (Å²) in [5.74, 6) is -0.789. The lowest BCUT2D eigenvalue weighted by atomic mass is 10.2. The third-order valence-corrected chi connectivity index (χ3v) is 3.95. The zero-order valence-electron chi connectivity index (χ0n) is 11.6. The van der Waals surface area contributed by atoms with E-state index in [1.54, 1.807) is 4.68 Å². The number of imidazole rings is 1. The molecule has 0 saturated carbocycles. The van der Waals surface area contributed by atoms with Crippen molar-refractivity contribution in [3.05, 3.63) is 29.8 Å². The van der Waals surface area contributed by atoms with Crippen molar-refractivity contribution in [1.82, 2.24) is 19.3 Å². The zero-order valence-corrected chi connectivity index (χ0v) is 12.4. The van der Waals surface area contributed by atoms with Crippen LogP contribution in [0, 0.1) is 0 Å². The molecule has 0 unspecified atom stereocenters. The van der Waals surface area contributed by atoms with Crippen LogP contribution in [-0.2, 0) is 31.2 Å². The van der Waals surface area contributed by atoms with E-state index in [0.29, 0.717) is 0 Å². The maximum absolute atomic E-state index is 10.7. The molecule has 0 aliphatic heterocycles. The number of thioether (sulfide) groups is 1. The van der Waals surface area contributed by atoms with Gasteiger partial charge in [0.25, 0.3) is 0 Å². The molecule has 1 N–H and O–H groups in total. The molecule has 2 rings (SSSR count). The lowest BCUT2D eigenvalue weighted by Gasteiger charge is -2.09. The quantitative estimate of drug-likeness (QED) is 0.785. The summed E-state index contributed by atoms with van der Waals surface area (Å²) in [7, 11) is 1.90. The van der Waals surface area contributed by atoms with Crippen LogP contribution in [0.1, 0.15) is 18.2 Å². The number of aromatic nitrogens is 4. The fourth-order valence-electron chi connectivity index (χ4n) is 2.00. The molecule has 0 bridgehead atoms. The minimum Gasteiger partial charge on any atom is -0.481 e. The van der Waals surface area contributed by atoms with Crippen LogP contribution in [-0.4, -0.2) is 36.2 Å². The van der Waals surface area contributed by atoms with Crippen molar-refractivity contribution in [1.29, 1.82) is 0 Å². The highest BCUT2D eigenvalue weighted by Crippen LogP contribution is 2.19. The minimum atomic E-state index is -0.824. The molecular weight excluding hydrogens is 276 g/mol. The number of rotatable bonds is 7. The SMILES string of the molecule is CCc1cnc(SCC(=O)O)n1CCc1cnn(C)c1. The van der Waals surface area contributed by atoms with Crippen molar-refractivity contribution in [2.45, 2.75) is 31.5 Å². The molecule has 0 fully saturated rings. The van der Waals surface area contributed by atoms with Crippen LogP contribution in [0.25, 0.3) is 0 Å². The Morgan fingerprint density at radius 1 is 1.45 bits per heavy atom. The molecule has 0 amide bonds. The average molecular weight is 294 g/mol. The van der Waals surface area contributed by atoms with Gasteiger partial charge in [0.2, 0.25) is 0 Å². The second-order valence-electron chi connectivity index (χ2n) is 4.49. The number of aryl methyl sites for hydroxylation is 3. The van der Waals surface area contributed by atoms with Crippen molar-refractivity contribution in [3.63, 3.8) is 0 Å². The zero-order chi connectivity index (χ0) is 14.5. The standard InChI is InChI=1S/C13H18N4O2S/c1-3-11-7-14-13(20-9-12(18)19)17(11)5-4-10-6-15-16(2)8-10/h6-8H,3-5,9H2,1-2H3,(H,18,19). The predicted molar refractivity (Wildman–Crippen MR) is 76.9 cm³/mol. The highest BCUT2D eigenvalue weighted by molar-refractivity contribution is 7.99. The number of aliphatic carboxylic acids is 1. The lowest BCUT2D eigenvalue weighted by molar-refractivity contribution is -0.133. The number of carbonyl (C=O) groups is 1. The van der Waals surface area contributed by atoms with Gasteiger partial charge in [-0.25, -0.2) is 4.98 Å². The van der Waals surface area contributed by atoms with E-state index in [0.717, 1.165) is 35.8 Å². The molecule has 0 aromatic carbocycles. The van der Waals surface area contributed by atoms with Crippen LogP contribution in [0.15, 0.2) is 23.7 Å². The summed E-state index contributed by atoms with van der Waals surface area (Å²) < 4.78 is 3.88. The van der Waals surface area contributed by atoms with Crippen molar-refractivity contribution in [3.8, 4) is 0 Å². The number of hydrogen-bond acceptors (Lipinski definition) is 4. The van der Waals surface area contributed by atoms with E-state index in [2.05, 4.69) is 21.6 Å². The van der Waals surface area contributed by atoms with Gasteiger partial charge in [-0.15, -0.1) is 0 Å². The van der Waals surface area contributed by atoms with Gasteiger partial charge in [0.1, 0.15) is 0 Å².